The van der Waals surface area contributed by atoms with Gasteiger partial charge in [-0.2, -0.15) is 5.10 Å². The summed E-state index contributed by atoms with van der Waals surface area (Å²) >= 11 is 0. The Bertz CT molecular complexity index is 1270. The minimum atomic E-state index is 0.0789. The Morgan fingerprint density at radius 1 is 1.23 bits per heavy atom. The molecule has 0 fully saturated rings. The summed E-state index contributed by atoms with van der Waals surface area (Å²) in [5, 5.41) is 18.4. The Labute approximate surface area is 173 Å². The number of aromatic amines is 2. The second-order valence-corrected chi connectivity index (χ2v) is 7.73. The third-order valence-electron chi connectivity index (χ3n) is 5.85. The number of fused-ring (bicyclic) bond motifs is 2. The summed E-state index contributed by atoms with van der Waals surface area (Å²) in [6.45, 7) is 4.94. The number of rotatable bonds is 3. The second kappa shape index (κ2) is 7.02. The molecule has 0 spiro atoms. The normalized spacial score (nSPS) is 13.6. The van der Waals surface area contributed by atoms with Crippen LogP contribution < -0.4 is 0 Å². The van der Waals surface area contributed by atoms with E-state index in [0.717, 1.165) is 63.3 Å². The zero-order valence-corrected chi connectivity index (χ0v) is 17.0. The number of hydrogen-bond acceptors (Lipinski definition) is 4. The van der Waals surface area contributed by atoms with Crippen molar-refractivity contribution in [3.8, 4) is 28.4 Å². The summed E-state index contributed by atoms with van der Waals surface area (Å²) in [5.41, 5.74) is 6.97. The molecule has 3 heterocycles. The Morgan fingerprint density at radius 3 is 2.90 bits per heavy atom. The number of aryl methyl sites for hydroxylation is 1. The van der Waals surface area contributed by atoms with Crippen LogP contribution in [-0.4, -0.2) is 42.6 Å². The molecule has 5 rings (SSSR count). The van der Waals surface area contributed by atoms with Crippen molar-refractivity contribution in [2.24, 2.45) is 0 Å². The molecule has 30 heavy (non-hydrogen) atoms. The number of phenols is 1. The highest BCUT2D eigenvalue weighted by molar-refractivity contribution is 5.94. The highest BCUT2D eigenvalue weighted by Crippen LogP contribution is 2.32. The van der Waals surface area contributed by atoms with Gasteiger partial charge in [-0.1, -0.05) is 19.1 Å². The molecule has 0 bridgehead atoms. The first kappa shape index (κ1) is 18.4. The number of benzene rings is 2. The van der Waals surface area contributed by atoms with E-state index < -0.39 is 0 Å². The summed E-state index contributed by atoms with van der Waals surface area (Å²) in [4.78, 5) is 21.6. The lowest BCUT2D eigenvalue weighted by Crippen LogP contribution is -2.34. The van der Waals surface area contributed by atoms with Crippen LogP contribution in [0.2, 0.25) is 0 Å². The van der Waals surface area contributed by atoms with Gasteiger partial charge in [0.1, 0.15) is 11.4 Å². The van der Waals surface area contributed by atoms with Gasteiger partial charge in [-0.15, -0.1) is 0 Å². The molecule has 0 aliphatic carbocycles. The number of amides is 1. The first-order valence-electron chi connectivity index (χ1n) is 10.2. The molecule has 3 N–H and O–H groups in total. The number of imidazole rings is 1. The highest BCUT2D eigenvalue weighted by atomic mass is 16.3. The predicted molar refractivity (Wildman–Crippen MR) is 115 cm³/mol. The molecule has 4 aromatic rings. The summed E-state index contributed by atoms with van der Waals surface area (Å²) in [5.74, 6) is 1.09. The maximum absolute atomic E-state index is 11.7. The fourth-order valence-electron chi connectivity index (χ4n) is 4.20. The quantitative estimate of drug-likeness (QED) is 0.486. The minimum absolute atomic E-state index is 0.0789. The Hall–Kier alpha value is -3.61. The van der Waals surface area contributed by atoms with Crippen molar-refractivity contribution in [1.82, 2.24) is 25.1 Å². The van der Waals surface area contributed by atoms with E-state index in [0.29, 0.717) is 13.1 Å². The SMILES string of the molecule is CCc1cc(O)ccc1-c1ccc2c(-c3nc4c([nH]3)CN(C(C)=O)CC4)n[nH]c2c1. The number of hydrogen-bond donors (Lipinski definition) is 3. The van der Waals surface area contributed by atoms with Gasteiger partial charge in [0.25, 0.3) is 0 Å². The lowest BCUT2D eigenvalue weighted by Gasteiger charge is -2.24. The van der Waals surface area contributed by atoms with Gasteiger partial charge >= 0.3 is 0 Å². The van der Waals surface area contributed by atoms with Gasteiger partial charge in [0.15, 0.2) is 5.82 Å². The zero-order chi connectivity index (χ0) is 20.8. The van der Waals surface area contributed by atoms with Crippen molar-refractivity contribution in [3.05, 3.63) is 53.3 Å². The molecule has 0 saturated carbocycles. The number of H-pyrrole nitrogens is 2. The molecule has 7 nitrogen and oxygen atoms in total. The number of aromatic hydroxyl groups is 1. The minimum Gasteiger partial charge on any atom is -0.508 e. The van der Waals surface area contributed by atoms with Gasteiger partial charge < -0.3 is 15.0 Å². The van der Waals surface area contributed by atoms with Crippen LogP contribution in [0.25, 0.3) is 33.5 Å². The van der Waals surface area contributed by atoms with Crippen LogP contribution >= 0.6 is 0 Å². The van der Waals surface area contributed by atoms with Crippen LogP contribution in [0.1, 0.15) is 30.8 Å². The molecule has 1 aliphatic rings. The number of nitrogens with one attached hydrogen (secondary N) is 2. The Morgan fingerprint density at radius 2 is 2.10 bits per heavy atom. The number of nitrogens with zero attached hydrogens (tertiary/aromatic N) is 3. The standard InChI is InChI=1S/C23H23N5O2/c1-3-14-10-16(30)5-7-17(14)15-4-6-18-20(11-15)26-27-22(18)23-24-19-8-9-28(13(2)29)12-21(19)25-23/h4-7,10-11,30H,3,8-9,12H2,1-2H3,(H,24,25)(H,26,27). The number of aromatic nitrogens is 4. The first-order valence-corrected chi connectivity index (χ1v) is 10.2. The van der Waals surface area contributed by atoms with Gasteiger partial charge in [-0.05, 0) is 47.4 Å². The summed E-state index contributed by atoms with van der Waals surface area (Å²) < 4.78 is 0. The molecule has 0 unspecified atom stereocenters. The third kappa shape index (κ3) is 3.03. The van der Waals surface area contributed by atoms with Crippen molar-refractivity contribution in [1.29, 1.82) is 0 Å². The van der Waals surface area contributed by atoms with Gasteiger partial charge in [0.2, 0.25) is 5.91 Å². The lowest BCUT2D eigenvalue weighted by molar-refractivity contribution is -0.129. The topological polar surface area (TPSA) is 97.9 Å². The molecule has 0 saturated heterocycles. The summed E-state index contributed by atoms with van der Waals surface area (Å²) in [6.07, 6.45) is 1.59. The van der Waals surface area contributed by atoms with Gasteiger partial charge in [-0.3, -0.25) is 9.89 Å². The zero-order valence-electron chi connectivity index (χ0n) is 17.0. The van der Waals surface area contributed by atoms with Crippen LogP contribution in [0, 0.1) is 0 Å². The van der Waals surface area contributed by atoms with Crippen molar-refractivity contribution in [2.75, 3.05) is 6.54 Å². The third-order valence-corrected chi connectivity index (χ3v) is 5.85. The average molecular weight is 401 g/mol. The van der Waals surface area contributed by atoms with E-state index in [2.05, 4.69) is 40.3 Å². The molecule has 152 valence electrons. The molecule has 0 radical (unpaired) electrons. The summed E-state index contributed by atoms with van der Waals surface area (Å²) in [6, 6.07) is 11.7. The van der Waals surface area contributed by atoms with E-state index in [-0.39, 0.29) is 11.7 Å². The van der Waals surface area contributed by atoms with E-state index in [9.17, 15) is 9.90 Å². The highest BCUT2D eigenvalue weighted by Gasteiger charge is 2.23. The van der Waals surface area contributed by atoms with Crippen molar-refractivity contribution < 1.29 is 9.90 Å². The van der Waals surface area contributed by atoms with Crippen LogP contribution in [0.15, 0.2) is 36.4 Å². The second-order valence-electron chi connectivity index (χ2n) is 7.73. The predicted octanol–water partition coefficient (Wildman–Crippen LogP) is 3.79. The molecular weight excluding hydrogens is 378 g/mol. The van der Waals surface area contributed by atoms with Crippen LogP contribution in [0.4, 0.5) is 0 Å². The fraction of sp³-hybridized carbons (Fsp3) is 0.261. The smallest absolute Gasteiger partial charge is 0.219 e. The van der Waals surface area contributed by atoms with E-state index in [1.165, 1.54) is 0 Å². The number of carbonyl (C=O) groups is 1. The molecule has 2 aromatic carbocycles. The van der Waals surface area contributed by atoms with Crippen molar-refractivity contribution in [3.63, 3.8) is 0 Å². The maximum Gasteiger partial charge on any atom is 0.219 e. The molecular formula is C23H23N5O2. The van der Waals surface area contributed by atoms with Crippen molar-refractivity contribution in [2.45, 2.75) is 33.2 Å². The molecule has 1 aliphatic heterocycles. The van der Waals surface area contributed by atoms with Crippen molar-refractivity contribution >= 4 is 16.8 Å². The van der Waals surface area contributed by atoms with E-state index in [1.807, 2.05) is 17.0 Å². The first-order chi connectivity index (χ1) is 14.5. The Kier molecular flexibility index (Phi) is 4.31. The van der Waals surface area contributed by atoms with E-state index in [4.69, 9.17) is 4.98 Å². The molecule has 0 atom stereocenters. The van der Waals surface area contributed by atoms with Crippen LogP contribution in [-0.2, 0) is 24.2 Å². The van der Waals surface area contributed by atoms with E-state index >= 15 is 0 Å². The van der Waals surface area contributed by atoms with Gasteiger partial charge in [0.05, 0.1) is 23.4 Å². The monoisotopic (exact) mass is 401 g/mol. The number of phenolic OH excluding ortho intramolecular Hbond substituents is 1. The molecule has 1 amide bonds. The average Bonchev–Trinajstić information content (AvgIpc) is 3.36. The Balaban J connectivity index is 1.52. The summed E-state index contributed by atoms with van der Waals surface area (Å²) in [7, 11) is 0. The van der Waals surface area contributed by atoms with E-state index in [1.54, 1.807) is 13.0 Å². The lowest BCUT2D eigenvalue weighted by atomic mass is 9.97. The van der Waals surface area contributed by atoms with Gasteiger partial charge in [0, 0.05) is 25.3 Å². The molecule has 7 heteroatoms. The largest absolute Gasteiger partial charge is 0.508 e. The number of carbonyl (C=O) groups excluding carboxylic acids is 1. The maximum atomic E-state index is 11.7. The van der Waals surface area contributed by atoms with Crippen LogP contribution in [0.5, 0.6) is 5.75 Å². The van der Waals surface area contributed by atoms with Crippen LogP contribution in [0.3, 0.4) is 0 Å². The van der Waals surface area contributed by atoms with Gasteiger partial charge in [-0.25, -0.2) is 4.98 Å². The fourth-order valence-corrected chi connectivity index (χ4v) is 4.20. The molecule has 2 aromatic heterocycles.